The molecular weight excluding hydrogens is 231 g/mol. The van der Waals surface area contributed by atoms with Crippen molar-refractivity contribution in [2.75, 3.05) is 0 Å². The zero-order valence-corrected chi connectivity index (χ0v) is 9.94. The molecule has 0 radical (unpaired) electrons. The first-order chi connectivity index (χ1) is 6.94. The van der Waals surface area contributed by atoms with Crippen LogP contribution in [0.3, 0.4) is 0 Å². The Morgan fingerprint density at radius 1 is 1.40 bits per heavy atom. The van der Waals surface area contributed by atoms with E-state index in [0.717, 1.165) is 12.0 Å². The fourth-order valence-corrected chi connectivity index (χ4v) is 1.48. The van der Waals surface area contributed by atoms with Gasteiger partial charge in [0.15, 0.2) is 0 Å². The first-order valence-corrected chi connectivity index (χ1v) is 5.34. The highest BCUT2D eigenvalue weighted by Crippen LogP contribution is 2.23. The molecule has 0 fully saturated rings. The Morgan fingerprint density at radius 2 is 2.07 bits per heavy atom. The van der Waals surface area contributed by atoms with E-state index >= 15 is 0 Å². The van der Waals surface area contributed by atoms with Gasteiger partial charge in [-0.2, -0.15) is 5.26 Å². The summed E-state index contributed by atoms with van der Waals surface area (Å²) < 4.78 is 0. The van der Waals surface area contributed by atoms with Crippen molar-refractivity contribution >= 4 is 23.2 Å². The van der Waals surface area contributed by atoms with Gasteiger partial charge in [0.05, 0.1) is 16.1 Å². The molecule has 1 rings (SSSR count). The molecule has 1 aromatic rings. The Bertz CT molecular complexity index is 394. The third-order valence-corrected chi connectivity index (χ3v) is 2.91. The summed E-state index contributed by atoms with van der Waals surface area (Å²) in [6, 6.07) is 7.50. The van der Waals surface area contributed by atoms with E-state index < -0.39 is 5.54 Å². The Hall–Kier alpha value is -0.750. The number of nitrogens with zero attached hydrogens (tertiary/aromatic N) is 1. The zero-order valence-electron chi connectivity index (χ0n) is 8.43. The predicted octanol–water partition coefficient (Wildman–Crippen LogP) is 3.17. The minimum absolute atomic E-state index is 0.532. The van der Waals surface area contributed by atoms with Crippen molar-refractivity contribution in [3.63, 3.8) is 0 Å². The van der Waals surface area contributed by atoms with E-state index in [1.807, 2.05) is 6.07 Å². The Balaban J connectivity index is 2.67. The summed E-state index contributed by atoms with van der Waals surface area (Å²) in [4.78, 5) is 0. The van der Waals surface area contributed by atoms with Crippen molar-refractivity contribution in [1.29, 1.82) is 5.26 Å². The maximum Gasteiger partial charge on any atom is 0.101 e. The smallest absolute Gasteiger partial charge is 0.101 e. The van der Waals surface area contributed by atoms with Gasteiger partial charge in [-0.15, -0.1) is 0 Å². The summed E-state index contributed by atoms with van der Waals surface area (Å²) in [6.45, 7) is 1.71. The third kappa shape index (κ3) is 3.71. The molecule has 0 amide bonds. The number of hydrogen-bond acceptors (Lipinski definition) is 2. The highest BCUT2D eigenvalue weighted by molar-refractivity contribution is 6.42. The SMILES string of the molecule is CC(N)(C#N)CCc1ccc(Cl)c(Cl)c1. The summed E-state index contributed by atoms with van der Waals surface area (Å²) in [6.07, 6.45) is 1.32. The van der Waals surface area contributed by atoms with E-state index in [-0.39, 0.29) is 0 Å². The van der Waals surface area contributed by atoms with E-state index in [1.54, 1.807) is 19.1 Å². The number of halogens is 2. The molecule has 0 aliphatic rings. The van der Waals surface area contributed by atoms with Gasteiger partial charge in [-0.1, -0.05) is 29.3 Å². The van der Waals surface area contributed by atoms with E-state index in [0.29, 0.717) is 16.5 Å². The van der Waals surface area contributed by atoms with Crippen molar-refractivity contribution in [1.82, 2.24) is 0 Å². The van der Waals surface area contributed by atoms with Crippen LogP contribution < -0.4 is 5.73 Å². The van der Waals surface area contributed by atoms with E-state index in [1.165, 1.54) is 0 Å². The maximum atomic E-state index is 8.75. The second kappa shape index (κ2) is 4.85. The molecule has 0 heterocycles. The molecule has 1 unspecified atom stereocenters. The van der Waals surface area contributed by atoms with Crippen LogP contribution in [-0.2, 0) is 6.42 Å². The second-order valence-corrected chi connectivity index (χ2v) is 4.59. The highest BCUT2D eigenvalue weighted by Gasteiger charge is 2.16. The fraction of sp³-hybridized carbons (Fsp3) is 0.364. The monoisotopic (exact) mass is 242 g/mol. The van der Waals surface area contributed by atoms with Crippen molar-refractivity contribution in [3.8, 4) is 6.07 Å². The molecular formula is C11H12Cl2N2. The summed E-state index contributed by atoms with van der Waals surface area (Å²) in [5.41, 5.74) is 5.96. The number of benzene rings is 1. The molecule has 0 spiro atoms. The van der Waals surface area contributed by atoms with Crippen LogP contribution >= 0.6 is 23.2 Å². The Morgan fingerprint density at radius 3 is 2.60 bits per heavy atom. The minimum Gasteiger partial charge on any atom is -0.314 e. The minimum atomic E-state index is -0.786. The molecule has 4 heteroatoms. The molecule has 2 N–H and O–H groups in total. The summed E-state index contributed by atoms with van der Waals surface area (Å²) >= 11 is 11.7. The molecule has 80 valence electrons. The van der Waals surface area contributed by atoms with Crippen LogP contribution in [0, 0.1) is 11.3 Å². The van der Waals surface area contributed by atoms with Gasteiger partial charge >= 0.3 is 0 Å². The van der Waals surface area contributed by atoms with Gasteiger partial charge < -0.3 is 5.73 Å². The van der Waals surface area contributed by atoms with E-state index in [9.17, 15) is 0 Å². The average Bonchev–Trinajstić information content (AvgIpc) is 2.20. The topological polar surface area (TPSA) is 49.8 Å². The molecule has 0 aromatic heterocycles. The van der Waals surface area contributed by atoms with Crippen molar-refractivity contribution < 1.29 is 0 Å². The molecule has 2 nitrogen and oxygen atoms in total. The molecule has 0 bridgehead atoms. The van der Waals surface area contributed by atoms with Crippen molar-refractivity contribution in [3.05, 3.63) is 33.8 Å². The Labute approximate surface area is 99.6 Å². The standard InChI is InChI=1S/C11H12Cl2N2/c1-11(15,7-14)5-4-8-2-3-9(12)10(13)6-8/h2-3,6H,4-5,15H2,1H3. The van der Waals surface area contributed by atoms with Crippen LogP contribution in [0.15, 0.2) is 18.2 Å². The summed E-state index contributed by atoms with van der Waals surface area (Å²) in [7, 11) is 0. The van der Waals surface area contributed by atoms with Gasteiger partial charge in [0.25, 0.3) is 0 Å². The quantitative estimate of drug-likeness (QED) is 0.886. The van der Waals surface area contributed by atoms with Crippen LogP contribution in [-0.4, -0.2) is 5.54 Å². The lowest BCUT2D eigenvalue weighted by Gasteiger charge is -2.14. The van der Waals surface area contributed by atoms with Crippen molar-refractivity contribution in [2.45, 2.75) is 25.3 Å². The second-order valence-electron chi connectivity index (χ2n) is 3.78. The van der Waals surface area contributed by atoms with Gasteiger partial charge in [0.1, 0.15) is 5.54 Å². The lowest BCUT2D eigenvalue weighted by atomic mass is 9.96. The van der Waals surface area contributed by atoms with E-state index in [4.69, 9.17) is 34.2 Å². The molecule has 0 aliphatic carbocycles. The van der Waals surface area contributed by atoms with Crippen LogP contribution in [0.1, 0.15) is 18.9 Å². The lowest BCUT2D eigenvalue weighted by molar-refractivity contribution is 0.546. The fourth-order valence-electron chi connectivity index (χ4n) is 1.16. The molecule has 0 saturated carbocycles. The number of nitrogens with two attached hydrogens (primary N) is 1. The molecule has 1 aromatic carbocycles. The van der Waals surface area contributed by atoms with Gasteiger partial charge in [0, 0.05) is 0 Å². The lowest BCUT2D eigenvalue weighted by Crippen LogP contribution is -2.34. The van der Waals surface area contributed by atoms with E-state index in [2.05, 4.69) is 6.07 Å². The summed E-state index contributed by atoms with van der Waals surface area (Å²) in [5.74, 6) is 0. The predicted molar refractivity (Wildman–Crippen MR) is 63.0 cm³/mol. The van der Waals surface area contributed by atoms with Gasteiger partial charge in [0.2, 0.25) is 0 Å². The normalized spacial score (nSPS) is 14.3. The maximum absolute atomic E-state index is 8.75. The third-order valence-electron chi connectivity index (χ3n) is 2.17. The molecule has 1 atom stereocenters. The van der Waals surface area contributed by atoms with Gasteiger partial charge in [-0.3, -0.25) is 0 Å². The average molecular weight is 243 g/mol. The first kappa shape index (κ1) is 12.3. The number of hydrogen-bond donors (Lipinski definition) is 1. The first-order valence-electron chi connectivity index (χ1n) is 4.59. The molecule has 0 aliphatic heterocycles. The highest BCUT2D eigenvalue weighted by atomic mass is 35.5. The van der Waals surface area contributed by atoms with Crippen molar-refractivity contribution in [2.24, 2.45) is 5.73 Å². The molecule has 0 saturated heterocycles. The van der Waals surface area contributed by atoms with Crippen LogP contribution in [0.4, 0.5) is 0 Å². The van der Waals surface area contributed by atoms with Gasteiger partial charge in [-0.25, -0.2) is 0 Å². The molecule has 15 heavy (non-hydrogen) atoms. The Kier molecular flexibility index (Phi) is 3.98. The van der Waals surface area contributed by atoms with Crippen LogP contribution in [0.2, 0.25) is 10.0 Å². The number of aryl methyl sites for hydroxylation is 1. The zero-order chi connectivity index (χ0) is 11.5. The van der Waals surface area contributed by atoms with Gasteiger partial charge in [-0.05, 0) is 37.5 Å². The largest absolute Gasteiger partial charge is 0.314 e. The number of nitriles is 1. The van der Waals surface area contributed by atoms with Crippen LogP contribution in [0.25, 0.3) is 0 Å². The number of rotatable bonds is 3. The summed E-state index contributed by atoms with van der Waals surface area (Å²) in [5, 5.41) is 9.82. The van der Waals surface area contributed by atoms with Crippen LogP contribution in [0.5, 0.6) is 0 Å².